The molecule has 1 aromatic carbocycles. The van der Waals surface area contributed by atoms with Crippen molar-refractivity contribution in [2.45, 2.75) is 40.0 Å². The highest BCUT2D eigenvalue weighted by molar-refractivity contribution is 7.15. The van der Waals surface area contributed by atoms with Crippen LogP contribution in [0.15, 0.2) is 40.5 Å². The molecule has 0 aliphatic carbocycles. The van der Waals surface area contributed by atoms with Crippen molar-refractivity contribution < 1.29 is 14.3 Å². The maximum Gasteiger partial charge on any atom is 0.309 e. The zero-order valence-electron chi connectivity index (χ0n) is 21.4. The number of ether oxygens (including phenoxy) is 1. The molecule has 4 aromatic rings. The maximum atomic E-state index is 13.8. The Balaban J connectivity index is 1.42. The molecule has 0 N–H and O–H groups in total. The number of aryl methyl sites for hydroxylation is 2. The van der Waals surface area contributed by atoms with Crippen LogP contribution in [0.4, 0.5) is 0 Å². The van der Waals surface area contributed by atoms with E-state index in [0.29, 0.717) is 65.2 Å². The summed E-state index contributed by atoms with van der Waals surface area (Å²) in [6, 6.07) is 9.22. The van der Waals surface area contributed by atoms with E-state index in [9.17, 15) is 14.4 Å². The van der Waals surface area contributed by atoms with Gasteiger partial charge in [-0.3, -0.25) is 18.8 Å². The number of likely N-dealkylation sites (tertiary alicyclic amines) is 1. The van der Waals surface area contributed by atoms with Gasteiger partial charge in [-0.05, 0) is 51.8 Å². The van der Waals surface area contributed by atoms with Crippen molar-refractivity contribution >= 4 is 39.8 Å². The fourth-order valence-electron chi connectivity index (χ4n) is 4.88. The lowest BCUT2D eigenvalue weighted by Gasteiger charge is -2.30. The molecule has 198 valence electrons. The van der Waals surface area contributed by atoms with Crippen molar-refractivity contribution in [2.75, 3.05) is 19.7 Å². The highest BCUT2D eigenvalue weighted by Crippen LogP contribution is 2.26. The van der Waals surface area contributed by atoms with Gasteiger partial charge in [0.25, 0.3) is 5.56 Å². The van der Waals surface area contributed by atoms with Crippen LogP contribution in [-0.2, 0) is 20.7 Å². The number of thiazole rings is 1. The summed E-state index contributed by atoms with van der Waals surface area (Å²) in [7, 11) is 0. The number of para-hydroxylation sites is 1. The number of halogens is 1. The van der Waals surface area contributed by atoms with Gasteiger partial charge in [0.1, 0.15) is 5.69 Å². The molecule has 9 nitrogen and oxygen atoms in total. The molecule has 1 aliphatic heterocycles. The second-order valence-electron chi connectivity index (χ2n) is 9.34. The van der Waals surface area contributed by atoms with E-state index in [-0.39, 0.29) is 29.8 Å². The Morgan fingerprint density at radius 1 is 1.18 bits per heavy atom. The monoisotopic (exact) mass is 553 g/mol. The van der Waals surface area contributed by atoms with Crippen LogP contribution in [-0.4, -0.2) is 55.6 Å². The van der Waals surface area contributed by atoms with Crippen LogP contribution in [0.1, 0.15) is 36.8 Å². The first-order valence-electron chi connectivity index (χ1n) is 12.5. The Hall–Kier alpha value is -3.50. The van der Waals surface area contributed by atoms with Gasteiger partial charge >= 0.3 is 5.97 Å². The van der Waals surface area contributed by atoms with Crippen LogP contribution in [0.25, 0.3) is 21.9 Å². The summed E-state index contributed by atoms with van der Waals surface area (Å²) in [6.45, 7) is 6.81. The molecule has 4 heterocycles. The van der Waals surface area contributed by atoms with Gasteiger partial charge in [-0.25, -0.2) is 9.67 Å². The lowest BCUT2D eigenvalue weighted by molar-refractivity contribution is -0.151. The second kappa shape index (κ2) is 10.7. The lowest BCUT2D eigenvalue weighted by Crippen LogP contribution is -2.41. The van der Waals surface area contributed by atoms with E-state index < -0.39 is 0 Å². The van der Waals surface area contributed by atoms with E-state index in [4.69, 9.17) is 21.4 Å². The Kier molecular flexibility index (Phi) is 7.36. The minimum absolute atomic E-state index is 0.0707. The summed E-state index contributed by atoms with van der Waals surface area (Å²) < 4.78 is 8.35. The third-order valence-electron chi connectivity index (χ3n) is 6.85. The zero-order chi connectivity index (χ0) is 27.0. The number of fused-ring (bicyclic) bond motifs is 1. The average Bonchev–Trinajstić information content (AvgIpc) is 3.47. The van der Waals surface area contributed by atoms with Crippen molar-refractivity contribution in [3.05, 3.63) is 68.2 Å². The van der Waals surface area contributed by atoms with Gasteiger partial charge in [0, 0.05) is 29.9 Å². The number of amides is 1. The molecule has 0 unspecified atom stereocenters. The van der Waals surface area contributed by atoms with Gasteiger partial charge in [0.05, 0.1) is 40.9 Å². The molecular weight excluding hydrogens is 526 g/mol. The van der Waals surface area contributed by atoms with E-state index in [1.165, 1.54) is 15.7 Å². The van der Waals surface area contributed by atoms with Gasteiger partial charge in [0.2, 0.25) is 5.91 Å². The summed E-state index contributed by atoms with van der Waals surface area (Å²) in [5.41, 5.74) is 3.32. The smallest absolute Gasteiger partial charge is 0.309 e. The van der Waals surface area contributed by atoms with Crippen molar-refractivity contribution in [3.63, 3.8) is 0 Å². The number of rotatable bonds is 6. The van der Waals surface area contributed by atoms with Crippen molar-refractivity contribution in [1.29, 1.82) is 0 Å². The Morgan fingerprint density at radius 3 is 2.63 bits per heavy atom. The summed E-state index contributed by atoms with van der Waals surface area (Å²) in [4.78, 5) is 45.9. The molecule has 1 saturated heterocycles. The van der Waals surface area contributed by atoms with Gasteiger partial charge in [-0.2, -0.15) is 5.10 Å². The SMILES string of the molecule is CCOC(=O)C1CCN(C(=O)Cc2csc3nc(C)c(-c4cc(C)n(-c5ccccc5Cl)n4)c(=O)n23)CC1. The quantitative estimate of drug-likeness (QED) is 0.331. The number of aromatic nitrogens is 4. The number of hydrogen-bond donors (Lipinski definition) is 0. The molecule has 0 radical (unpaired) electrons. The Labute approximate surface area is 228 Å². The standard InChI is InChI=1S/C27H28ClN5O4S/c1-4-37-26(36)18-9-11-31(12-10-18)23(34)14-19-15-38-27-29-17(3)24(25(35)32(19)27)21-13-16(2)33(30-21)22-8-6-5-7-20(22)28/h5-8,13,15,18H,4,9-12,14H2,1-3H3. The number of hydrogen-bond acceptors (Lipinski definition) is 7. The molecule has 5 rings (SSSR count). The van der Waals surface area contributed by atoms with Crippen molar-refractivity contribution in [2.24, 2.45) is 5.92 Å². The fourth-order valence-corrected chi connectivity index (χ4v) is 6.02. The molecule has 11 heteroatoms. The maximum absolute atomic E-state index is 13.8. The molecule has 0 bridgehead atoms. The third-order valence-corrected chi connectivity index (χ3v) is 8.04. The van der Waals surface area contributed by atoms with E-state index in [1.54, 1.807) is 29.5 Å². The van der Waals surface area contributed by atoms with Crippen molar-refractivity contribution in [1.82, 2.24) is 24.1 Å². The Morgan fingerprint density at radius 2 is 1.92 bits per heavy atom. The van der Waals surface area contributed by atoms with Crippen LogP contribution in [0.3, 0.4) is 0 Å². The highest BCUT2D eigenvalue weighted by atomic mass is 35.5. The van der Waals surface area contributed by atoms with E-state index in [2.05, 4.69) is 4.98 Å². The van der Waals surface area contributed by atoms with Gasteiger partial charge < -0.3 is 9.64 Å². The summed E-state index contributed by atoms with van der Waals surface area (Å²) in [5.74, 6) is -0.455. The minimum atomic E-state index is -0.263. The van der Waals surface area contributed by atoms with Crippen LogP contribution in [0.2, 0.25) is 5.02 Å². The zero-order valence-corrected chi connectivity index (χ0v) is 23.0. The minimum Gasteiger partial charge on any atom is -0.466 e. The largest absolute Gasteiger partial charge is 0.466 e. The first-order valence-corrected chi connectivity index (χ1v) is 13.8. The Bertz CT molecular complexity index is 1580. The topological polar surface area (TPSA) is 98.8 Å². The van der Waals surface area contributed by atoms with E-state index in [1.807, 2.05) is 36.6 Å². The highest BCUT2D eigenvalue weighted by Gasteiger charge is 2.29. The lowest BCUT2D eigenvalue weighted by atomic mass is 9.97. The van der Waals surface area contributed by atoms with E-state index in [0.717, 1.165) is 11.4 Å². The number of piperidine rings is 1. The summed E-state index contributed by atoms with van der Waals surface area (Å²) >= 11 is 7.71. The van der Waals surface area contributed by atoms with Crippen LogP contribution in [0, 0.1) is 19.8 Å². The predicted octanol–water partition coefficient (Wildman–Crippen LogP) is 4.22. The summed E-state index contributed by atoms with van der Waals surface area (Å²) in [5, 5.41) is 7.05. The molecule has 0 atom stereocenters. The van der Waals surface area contributed by atoms with Gasteiger partial charge in [-0.1, -0.05) is 23.7 Å². The van der Waals surface area contributed by atoms with Crippen LogP contribution < -0.4 is 5.56 Å². The number of esters is 1. The summed E-state index contributed by atoms with van der Waals surface area (Å²) in [6.07, 6.45) is 1.22. The van der Waals surface area contributed by atoms with Gasteiger partial charge in [0.15, 0.2) is 4.96 Å². The molecular formula is C27H28ClN5O4S. The third kappa shape index (κ3) is 4.86. The first kappa shape index (κ1) is 26.1. The molecule has 0 spiro atoms. The molecule has 1 amide bonds. The number of carbonyl (C=O) groups excluding carboxylic acids is 2. The normalized spacial score (nSPS) is 14.3. The van der Waals surface area contributed by atoms with Crippen LogP contribution in [0.5, 0.6) is 0 Å². The molecule has 1 fully saturated rings. The van der Waals surface area contributed by atoms with E-state index >= 15 is 0 Å². The first-order chi connectivity index (χ1) is 18.3. The molecule has 3 aromatic heterocycles. The number of nitrogens with zero attached hydrogens (tertiary/aromatic N) is 5. The number of carbonyl (C=O) groups is 2. The molecule has 1 aliphatic rings. The number of benzene rings is 1. The predicted molar refractivity (Wildman–Crippen MR) is 146 cm³/mol. The average molecular weight is 554 g/mol. The fraction of sp³-hybridized carbons (Fsp3) is 0.370. The molecule has 0 saturated carbocycles. The second-order valence-corrected chi connectivity index (χ2v) is 10.6. The van der Waals surface area contributed by atoms with Gasteiger partial charge in [-0.15, -0.1) is 11.3 Å². The van der Waals surface area contributed by atoms with Crippen molar-refractivity contribution in [3.8, 4) is 16.9 Å². The van der Waals surface area contributed by atoms with Crippen LogP contribution >= 0.6 is 22.9 Å². The molecule has 38 heavy (non-hydrogen) atoms.